The van der Waals surface area contributed by atoms with Crippen LogP contribution in [0.25, 0.3) is 0 Å². The number of amides is 4. The number of nitrogens with two attached hydrogens (primary N) is 1. The van der Waals surface area contributed by atoms with E-state index in [0.29, 0.717) is 25.8 Å². The van der Waals surface area contributed by atoms with Gasteiger partial charge in [-0.05, 0) is 72.0 Å². The van der Waals surface area contributed by atoms with Gasteiger partial charge in [-0.3, -0.25) is 24.1 Å². The molecule has 0 aromatic heterocycles. The second-order valence-corrected chi connectivity index (χ2v) is 17.5. The molecule has 0 spiro atoms. The predicted octanol–water partition coefficient (Wildman–Crippen LogP) is 3.65. The highest BCUT2D eigenvalue weighted by Gasteiger charge is 2.46. The summed E-state index contributed by atoms with van der Waals surface area (Å²) in [5.41, 5.74) is 6.30. The molecule has 1 aromatic rings. The Hall–Kier alpha value is -3.59. The van der Waals surface area contributed by atoms with Crippen LogP contribution < -0.4 is 11.1 Å². The maximum absolute atomic E-state index is 14.5. The molecule has 4 amide bonds. The molecule has 0 saturated carbocycles. The molecule has 0 aliphatic carbocycles. The van der Waals surface area contributed by atoms with E-state index in [2.05, 4.69) is 5.32 Å². The Labute approximate surface area is 342 Å². The van der Waals surface area contributed by atoms with Gasteiger partial charge in [-0.1, -0.05) is 71.4 Å². The van der Waals surface area contributed by atoms with Gasteiger partial charge in [0.1, 0.15) is 12.1 Å². The van der Waals surface area contributed by atoms with Gasteiger partial charge in [0.25, 0.3) is 0 Å². The summed E-state index contributed by atoms with van der Waals surface area (Å²) in [6.07, 6.45) is 0.633. The minimum atomic E-state index is -1.12. The summed E-state index contributed by atoms with van der Waals surface area (Å²) in [5, 5.41) is 13.3. The van der Waals surface area contributed by atoms with E-state index in [1.165, 1.54) is 19.1 Å². The van der Waals surface area contributed by atoms with Gasteiger partial charge in [0, 0.05) is 45.8 Å². The van der Waals surface area contributed by atoms with Crippen LogP contribution in [-0.4, -0.2) is 150 Å². The van der Waals surface area contributed by atoms with Gasteiger partial charge in [-0.2, -0.15) is 0 Å². The number of hydrogen-bond donors (Lipinski definition) is 3. The number of likely N-dealkylation sites (tertiary alicyclic amines) is 1. The molecule has 9 unspecified atom stereocenters. The van der Waals surface area contributed by atoms with Crippen LogP contribution in [0.2, 0.25) is 0 Å². The van der Waals surface area contributed by atoms with Gasteiger partial charge in [-0.15, -0.1) is 0 Å². The molecule has 14 nitrogen and oxygen atoms in total. The molecule has 10 atom stereocenters. The topological polar surface area (TPSA) is 175 Å². The number of carbonyl (C=O) groups is 5. The van der Waals surface area contributed by atoms with E-state index in [4.69, 9.17) is 15.2 Å². The maximum Gasteiger partial charge on any atom is 0.326 e. The molecular weight excluding hydrogens is 729 g/mol. The van der Waals surface area contributed by atoms with E-state index in [9.17, 15) is 29.1 Å². The normalized spacial score (nSPS) is 19.5. The highest BCUT2D eigenvalue weighted by atomic mass is 16.5. The SMILES string of the molecule is CCC(C)C(C(CC(=O)N1CCC[C@H]1C(OC)C(C)C(=O)N(C(Cc1ccccc1)C(=O)O)C(C)(C)C)OC)N(C)C(=O)C(NC(=O)C(C(C)C)N(C)C)C(C)N. The molecule has 2 rings (SSSR count). The van der Waals surface area contributed by atoms with Crippen molar-refractivity contribution in [2.45, 2.75) is 148 Å². The second-order valence-electron chi connectivity index (χ2n) is 17.5. The van der Waals surface area contributed by atoms with E-state index >= 15 is 0 Å². The largest absolute Gasteiger partial charge is 0.480 e. The van der Waals surface area contributed by atoms with Crippen molar-refractivity contribution in [3.8, 4) is 0 Å². The Kier molecular flexibility index (Phi) is 19.1. The molecular formula is C43H74N6O8. The molecule has 14 heteroatoms. The molecule has 1 aliphatic heterocycles. The number of ether oxygens (including phenoxy) is 2. The second kappa shape index (κ2) is 22.0. The quantitative estimate of drug-likeness (QED) is 0.167. The molecule has 0 radical (unpaired) electrons. The molecule has 57 heavy (non-hydrogen) atoms. The average molecular weight is 803 g/mol. The van der Waals surface area contributed by atoms with Crippen LogP contribution in [0.15, 0.2) is 30.3 Å². The number of benzene rings is 1. The van der Waals surface area contributed by atoms with Gasteiger partial charge in [-0.25, -0.2) is 4.79 Å². The summed E-state index contributed by atoms with van der Waals surface area (Å²) in [7, 11) is 8.34. The third kappa shape index (κ3) is 12.7. The predicted molar refractivity (Wildman–Crippen MR) is 222 cm³/mol. The highest BCUT2D eigenvalue weighted by molar-refractivity contribution is 5.91. The third-order valence-electron chi connectivity index (χ3n) is 11.6. The molecule has 1 aliphatic rings. The first-order valence-electron chi connectivity index (χ1n) is 20.5. The van der Waals surface area contributed by atoms with Crippen LogP contribution in [0.5, 0.6) is 0 Å². The zero-order valence-electron chi connectivity index (χ0n) is 37.2. The fourth-order valence-corrected chi connectivity index (χ4v) is 8.60. The third-order valence-corrected chi connectivity index (χ3v) is 11.6. The lowest BCUT2D eigenvalue weighted by Gasteiger charge is -2.44. The van der Waals surface area contributed by atoms with Crippen molar-refractivity contribution in [2.24, 2.45) is 23.5 Å². The summed E-state index contributed by atoms with van der Waals surface area (Å²) in [6, 6.07) is 4.95. The first-order valence-corrected chi connectivity index (χ1v) is 20.5. The van der Waals surface area contributed by atoms with Gasteiger partial charge in [0.2, 0.25) is 23.6 Å². The number of carboxylic acids is 1. The summed E-state index contributed by atoms with van der Waals surface area (Å²) >= 11 is 0. The summed E-state index contributed by atoms with van der Waals surface area (Å²) < 4.78 is 12.0. The molecule has 324 valence electrons. The standard InChI is InChI=1S/C43H74N6O8/c1-15-27(4)37(47(12)41(53)35(29(6)44)45-39(51)36(26(2)3)46(10)11)33(56-13)25-34(50)48-23-19-22-31(48)38(57-14)28(5)40(52)49(43(7,8)9)32(42(54)55)24-30-20-17-16-18-21-30/h16-18,20-21,26-29,31-33,35-38H,15,19,22-25,44H2,1-14H3,(H,45,51)(H,54,55)/t27?,28?,29?,31-,32?,33?,35?,36?,37?,38?/m0/s1. The van der Waals surface area contributed by atoms with Crippen LogP contribution in [0.3, 0.4) is 0 Å². The lowest BCUT2D eigenvalue weighted by atomic mass is 9.89. The Bertz CT molecular complexity index is 1460. The molecule has 1 saturated heterocycles. The van der Waals surface area contributed by atoms with Crippen molar-refractivity contribution in [1.82, 2.24) is 24.9 Å². The first kappa shape index (κ1) is 49.6. The van der Waals surface area contributed by atoms with E-state index in [1.54, 1.807) is 30.7 Å². The molecule has 1 heterocycles. The van der Waals surface area contributed by atoms with Gasteiger partial charge in [0.05, 0.1) is 42.7 Å². The smallest absolute Gasteiger partial charge is 0.326 e. The van der Waals surface area contributed by atoms with Crippen molar-refractivity contribution in [2.75, 3.05) is 41.9 Å². The lowest BCUT2D eigenvalue weighted by Crippen LogP contribution is -2.62. The molecule has 1 aromatic carbocycles. The fourth-order valence-electron chi connectivity index (χ4n) is 8.60. The van der Waals surface area contributed by atoms with Crippen LogP contribution in [0.4, 0.5) is 0 Å². The van der Waals surface area contributed by atoms with Gasteiger partial charge < -0.3 is 40.3 Å². The Morgan fingerprint density at radius 1 is 0.965 bits per heavy atom. The van der Waals surface area contributed by atoms with E-state index in [0.717, 1.165) is 5.56 Å². The molecule has 0 bridgehead atoms. The number of hydrogen-bond acceptors (Lipinski definition) is 9. The summed E-state index contributed by atoms with van der Waals surface area (Å²) in [4.78, 5) is 75.8. The fraction of sp³-hybridized carbons (Fsp3) is 0.744. The number of aliphatic carboxylic acids is 1. The van der Waals surface area contributed by atoms with Crippen LogP contribution in [-0.2, 0) is 39.9 Å². The number of nitrogens with one attached hydrogen (secondary N) is 1. The van der Waals surface area contributed by atoms with E-state index < -0.39 is 65.9 Å². The average Bonchev–Trinajstić information content (AvgIpc) is 3.62. The number of likely N-dealkylation sites (N-methyl/N-ethyl adjacent to an activating group) is 2. The summed E-state index contributed by atoms with van der Waals surface area (Å²) in [6.45, 7) is 17.2. The zero-order chi connectivity index (χ0) is 43.5. The molecule has 1 fully saturated rings. The first-order chi connectivity index (χ1) is 26.5. The van der Waals surface area contributed by atoms with Crippen molar-refractivity contribution in [3.05, 3.63) is 35.9 Å². The molecule has 4 N–H and O–H groups in total. The van der Waals surface area contributed by atoms with Crippen molar-refractivity contribution in [1.29, 1.82) is 0 Å². The van der Waals surface area contributed by atoms with Crippen molar-refractivity contribution < 1.29 is 38.6 Å². The van der Waals surface area contributed by atoms with Crippen LogP contribution >= 0.6 is 0 Å². The number of carbonyl (C=O) groups excluding carboxylic acids is 4. The lowest BCUT2D eigenvalue weighted by molar-refractivity contribution is -0.161. The van der Waals surface area contributed by atoms with E-state index in [-0.39, 0.29) is 48.3 Å². The van der Waals surface area contributed by atoms with Crippen molar-refractivity contribution in [3.63, 3.8) is 0 Å². The highest BCUT2D eigenvalue weighted by Crippen LogP contribution is 2.32. The number of carboxylic acid groups (broad SMARTS) is 1. The van der Waals surface area contributed by atoms with Crippen LogP contribution in [0.1, 0.15) is 93.6 Å². The van der Waals surface area contributed by atoms with Crippen LogP contribution in [0, 0.1) is 17.8 Å². The Morgan fingerprint density at radius 2 is 1.56 bits per heavy atom. The Morgan fingerprint density at radius 3 is 2.02 bits per heavy atom. The summed E-state index contributed by atoms with van der Waals surface area (Å²) in [5.74, 6) is -3.23. The maximum atomic E-state index is 14.5. The minimum Gasteiger partial charge on any atom is -0.480 e. The number of methoxy groups -OCH3 is 2. The zero-order valence-corrected chi connectivity index (χ0v) is 37.2. The Balaban J connectivity index is 2.40. The monoisotopic (exact) mass is 803 g/mol. The minimum absolute atomic E-state index is 0.00902. The van der Waals surface area contributed by atoms with Crippen molar-refractivity contribution >= 4 is 29.6 Å². The van der Waals surface area contributed by atoms with E-state index in [1.807, 2.05) is 97.8 Å². The van der Waals surface area contributed by atoms with Gasteiger partial charge in [0.15, 0.2) is 0 Å². The number of nitrogens with zero attached hydrogens (tertiary/aromatic N) is 4. The van der Waals surface area contributed by atoms with Gasteiger partial charge >= 0.3 is 5.97 Å². The number of rotatable bonds is 21.